The topological polar surface area (TPSA) is 70.0 Å². The molecule has 0 aromatic carbocycles. The summed E-state index contributed by atoms with van der Waals surface area (Å²) in [6.07, 6.45) is -0.0189. The summed E-state index contributed by atoms with van der Waals surface area (Å²) in [5.41, 5.74) is 0.852. The minimum atomic E-state index is -1.91. The fraction of sp³-hybridized carbons (Fsp3) is 0.786. The Morgan fingerprint density at radius 3 is 2.50 bits per heavy atom. The van der Waals surface area contributed by atoms with Gasteiger partial charge in [-0.05, 0) is 30.6 Å². The van der Waals surface area contributed by atoms with Gasteiger partial charge < -0.3 is 14.6 Å². The van der Waals surface area contributed by atoms with Crippen molar-refractivity contribution in [3.05, 3.63) is 11.6 Å². The maximum absolute atomic E-state index is 11.3. The molecule has 0 fully saturated rings. The highest BCUT2D eigenvalue weighted by Crippen LogP contribution is 2.37. The molecule has 0 spiro atoms. The minimum Gasteiger partial charge on any atom is -0.465 e. The Labute approximate surface area is 122 Å². The normalized spacial score (nSPS) is 24.6. The fourth-order valence-electron chi connectivity index (χ4n) is 1.98. The van der Waals surface area contributed by atoms with Crippen molar-refractivity contribution in [3.8, 4) is 0 Å². The molecule has 6 heteroatoms. The molecule has 1 amide bonds. The van der Waals surface area contributed by atoms with Gasteiger partial charge >= 0.3 is 6.09 Å². The third kappa shape index (κ3) is 3.83. The van der Waals surface area contributed by atoms with E-state index in [2.05, 4.69) is 33.9 Å². The minimum absolute atomic E-state index is 0.0901. The molecule has 1 heterocycles. The lowest BCUT2D eigenvalue weighted by Crippen LogP contribution is -2.52. The van der Waals surface area contributed by atoms with E-state index in [1.165, 1.54) is 4.90 Å². The van der Waals surface area contributed by atoms with Crippen LogP contribution < -0.4 is 0 Å². The van der Waals surface area contributed by atoms with Crippen molar-refractivity contribution in [2.75, 3.05) is 13.2 Å². The van der Waals surface area contributed by atoms with Crippen LogP contribution in [0.15, 0.2) is 11.6 Å². The van der Waals surface area contributed by atoms with E-state index in [4.69, 9.17) is 4.43 Å². The maximum Gasteiger partial charge on any atom is 0.407 e. The van der Waals surface area contributed by atoms with Gasteiger partial charge in [0.25, 0.3) is 0 Å². The summed E-state index contributed by atoms with van der Waals surface area (Å²) in [6.45, 7) is 13.1. The monoisotopic (exact) mass is 301 g/mol. The van der Waals surface area contributed by atoms with Crippen LogP contribution in [-0.4, -0.2) is 54.8 Å². The van der Waals surface area contributed by atoms with Gasteiger partial charge in [-0.3, -0.25) is 4.90 Å². The first kappa shape index (κ1) is 17.2. The Morgan fingerprint density at radius 1 is 1.50 bits per heavy atom. The SMILES string of the molecule is CC1=CC(O)CN(C(=O)O)C1CO[Si](C)(C)C(C)(C)C. The zero-order chi connectivity index (χ0) is 15.7. The molecule has 2 N–H and O–H groups in total. The van der Waals surface area contributed by atoms with Crippen LogP contribution in [0.4, 0.5) is 4.79 Å². The molecule has 5 nitrogen and oxygen atoms in total. The molecular formula is C14H27NO4Si. The second-order valence-electron chi connectivity index (χ2n) is 7.00. The zero-order valence-corrected chi connectivity index (χ0v) is 14.3. The van der Waals surface area contributed by atoms with Gasteiger partial charge in [0.15, 0.2) is 8.32 Å². The molecule has 0 aliphatic carbocycles. The van der Waals surface area contributed by atoms with Crippen molar-refractivity contribution >= 4 is 14.4 Å². The van der Waals surface area contributed by atoms with Crippen LogP contribution >= 0.6 is 0 Å². The van der Waals surface area contributed by atoms with Crippen molar-refractivity contribution in [2.24, 2.45) is 0 Å². The zero-order valence-electron chi connectivity index (χ0n) is 13.3. The van der Waals surface area contributed by atoms with E-state index in [1.807, 2.05) is 6.92 Å². The van der Waals surface area contributed by atoms with E-state index < -0.39 is 20.5 Å². The summed E-state index contributed by atoms with van der Waals surface area (Å²) in [5, 5.41) is 19.0. The molecule has 2 atom stereocenters. The van der Waals surface area contributed by atoms with Gasteiger partial charge in [-0.2, -0.15) is 0 Å². The molecular weight excluding hydrogens is 274 g/mol. The van der Waals surface area contributed by atoms with Crippen molar-refractivity contribution in [2.45, 2.75) is 58.0 Å². The molecule has 1 aliphatic rings. The Hall–Kier alpha value is -0.853. The van der Waals surface area contributed by atoms with Gasteiger partial charge in [0.05, 0.1) is 25.3 Å². The van der Waals surface area contributed by atoms with E-state index in [-0.39, 0.29) is 17.6 Å². The summed E-state index contributed by atoms with van der Waals surface area (Å²) in [7, 11) is -1.91. The van der Waals surface area contributed by atoms with E-state index in [0.29, 0.717) is 6.61 Å². The van der Waals surface area contributed by atoms with E-state index in [9.17, 15) is 15.0 Å². The summed E-state index contributed by atoms with van der Waals surface area (Å²) in [4.78, 5) is 12.6. The average Bonchev–Trinajstić information content (AvgIpc) is 2.24. The highest BCUT2D eigenvalue weighted by atomic mass is 28.4. The number of carbonyl (C=O) groups is 1. The van der Waals surface area contributed by atoms with Crippen LogP contribution in [0.3, 0.4) is 0 Å². The van der Waals surface area contributed by atoms with Crippen molar-refractivity contribution in [1.29, 1.82) is 0 Å². The molecule has 2 unspecified atom stereocenters. The molecule has 0 saturated heterocycles. The Kier molecular flexibility index (Phi) is 5.05. The fourth-order valence-corrected chi connectivity index (χ4v) is 2.99. The number of hydrogen-bond donors (Lipinski definition) is 2. The number of aliphatic hydroxyl groups is 1. The molecule has 0 radical (unpaired) electrons. The number of nitrogens with zero attached hydrogens (tertiary/aromatic N) is 1. The maximum atomic E-state index is 11.3. The molecule has 20 heavy (non-hydrogen) atoms. The lowest BCUT2D eigenvalue weighted by Gasteiger charge is -2.40. The number of aliphatic hydroxyl groups excluding tert-OH is 1. The third-order valence-corrected chi connectivity index (χ3v) is 8.90. The van der Waals surface area contributed by atoms with E-state index in [1.54, 1.807) is 6.08 Å². The largest absolute Gasteiger partial charge is 0.465 e. The third-order valence-electron chi connectivity index (χ3n) is 4.39. The number of hydrogen-bond acceptors (Lipinski definition) is 3. The van der Waals surface area contributed by atoms with E-state index >= 15 is 0 Å². The summed E-state index contributed by atoms with van der Waals surface area (Å²) >= 11 is 0. The molecule has 0 aromatic heterocycles. The summed E-state index contributed by atoms with van der Waals surface area (Å²) < 4.78 is 6.13. The van der Waals surface area contributed by atoms with Gasteiger partial charge in [0, 0.05) is 0 Å². The van der Waals surface area contributed by atoms with Gasteiger partial charge in [0.1, 0.15) is 0 Å². The lowest BCUT2D eigenvalue weighted by molar-refractivity contribution is 0.0734. The quantitative estimate of drug-likeness (QED) is 0.621. The van der Waals surface area contributed by atoms with Crippen molar-refractivity contribution < 1.29 is 19.4 Å². The standard InChI is InChI=1S/C14H27NO4Si/c1-10-7-11(16)8-15(13(17)18)12(10)9-19-20(5,6)14(2,3)4/h7,11-12,16H,8-9H2,1-6H3,(H,17,18). The van der Waals surface area contributed by atoms with Crippen LogP contribution in [-0.2, 0) is 4.43 Å². The van der Waals surface area contributed by atoms with Crippen LogP contribution in [0.25, 0.3) is 0 Å². The predicted molar refractivity (Wildman–Crippen MR) is 81.4 cm³/mol. The van der Waals surface area contributed by atoms with Gasteiger partial charge in [-0.25, -0.2) is 4.79 Å². The van der Waals surface area contributed by atoms with Gasteiger partial charge in [-0.1, -0.05) is 26.8 Å². The predicted octanol–water partition coefficient (Wildman–Crippen LogP) is 2.68. The van der Waals surface area contributed by atoms with Gasteiger partial charge in [0.2, 0.25) is 0 Å². The van der Waals surface area contributed by atoms with Crippen LogP contribution in [0.1, 0.15) is 27.7 Å². The molecule has 0 aromatic rings. The lowest BCUT2D eigenvalue weighted by atomic mass is 10.0. The second kappa shape index (κ2) is 5.87. The summed E-state index contributed by atoms with van der Waals surface area (Å²) in [5.74, 6) is 0. The average molecular weight is 301 g/mol. The summed E-state index contributed by atoms with van der Waals surface area (Å²) in [6, 6.07) is -0.301. The molecule has 1 aliphatic heterocycles. The number of rotatable bonds is 3. The van der Waals surface area contributed by atoms with Crippen LogP contribution in [0.5, 0.6) is 0 Å². The van der Waals surface area contributed by atoms with Crippen molar-refractivity contribution in [3.63, 3.8) is 0 Å². The highest BCUT2D eigenvalue weighted by Gasteiger charge is 2.39. The second-order valence-corrected chi connectivity index (χ2v) is 11.8. The van der Waals surface area contributed by atoms with Crippen LogP contribution in [0, 0.1) is 0 Å². The number of β-amino-alcohol motifs (C(OH)–C–C–N with tert-alkyl or cyclic N) is 1. The van der Waals surface area contributed by atoms with Crippen LogP contribution in [0.2, 0.25) is 18.1 Å². The molecule has 1 rings (SSSR count). The first-order valence-corrected chi connectivity index (χ1v) is 9.86. The Morgan fingerprint density at radius 2 is 2.05 bits per heavy atom. The Bertz CT molecular complexity index is 400. The van der Waals surface area contributed by atoms with E-state index in [0.717, 1.165) is 5.57 Å². The number of amides is 1. The van der Waals surface area contributed by atoms with Gasteiger partial charge in [-0.15, -0.1) is 0 Å². The molecule has 0 bridgehead atoms. The highest BCUT2D eigenvalue weighted by molar-refractivity contribution is 6.74. The van der Waals surface area contributed by atoms with Crippen molar-refractivity contribution in [1.82, 2.24) is 4.90 Å². The molecule has 0 saturated carbocycles. The smallest absolute Gasteiger partial charge is 0.407 e. The Balaban J connectivity index is 2.83. The first-order valence-electron chi connectivity index (χ1n) is 6.95. The first-order chi connectivity index (χ1) is 8.95. The number of carboxylic acid groups (broad SMARTS) is 1. The molecule has 116 valence electrons.